The molecule has 1 saturated heterocycles. The van der Waals surface area contributed by atoms with Gasteiger partial charge in [0, 0.05) is 6.61 Å². The van der Waals surface area contributed by atoms with Crippen LogP contribution in [-0.4, -0.2) is 31.2 Å². The first-order chi connectivity index (χ1) is 9.20. The van der Waals surface area contributed by atoms with Crippen LogP contribution in [0.4, 0.5) is 5.00 Å². The number of hydrogen-bond acceptors (Lipinski definition) is 6. The molecule has 6 nitrogen and oxygen atoms in total. The fourth-order valence-electron chi connectivity index (χ4n) is 1.65. The number of carbonyl (C=O) groups is 2. The van der Waals surface area contributed by atoms with Gasteiger partial charge in [0.05, 0.1) is 5.56 Å². The lowest BCUT2D eigenvalue weighted by molar-refractivity contribution is -0.156. The molecule has 0 saturated carbocycles. The molecule has 0 unspecified atom stereocenters. The van der Waals surface area contributed by atoms with Gasteiger partial charge in [-0.05, 0) is 24.3 Å². The van der Waals surface area contributed by atoms with E-state index < -0.39 is 18.0 Å². The Balaban J connectivity index is 1.79. The van der Waals surface area contributed by atoms with E-state index in [1.54, 1.807) is 11.4 Å². The van der Waals surface area contributed by atoms with Crippen LogP contribution in [0.1, 0.15) is 18.4 Å². The van der Waals surface area contributed by atoms with Gasteiger partial charge in [0.25, 0.3) is 5.91 Å². The third-order valence-electron chi connectivity index (χ3n) is 2.58. The van der Waals surface area contributed by atoms with Gasteiger partial charge >= 0.3 is 5.97 Å². The van der Waals surface area contributed by atoms with E-state index >= 15 is 0 Å². The highest BCUT2D eigenvalue weighted by Gasteiger charge is 2.25. The Morgan fingerprint density at radius 3 is 3.16 bits per heavy atom. The number of esters is 1. The highest BCUT2D eigenvalue weighted by Crippen LogP contribution is 2.21. The number of hydrogen-bond donors (Lipinski definition) is 1. The Morgan fingerprint density at radius 1 is 1.63 bits per heavy atom. The summed E-state index contributed by atoms with van der Waals surface area (Å²) in [5.74, 6) is -0.982. The molecule has 0 spiro atoms. The van der Waals surface area contributed by atoms with Crippen molar-refractivity contribution in [3.63, 3.8) is 0 Å². The summed E-state index contributed by atoms with van der Waals surface area (Å²) in [4.78, 5) is 23.1. The zero-order valence-electron chi connectivity index (χ0n) is 10.0. The van der Waals surface area contributed by atoms with Gasteiger partial charge in [-0.15, -0.1) is 11.3 Å². The van der Waals surface area contributed by atoms with Gasteiger partial charge in [0.1, 0.15) is 11.1 Å². The van der Waals surface area contributed by atoms with Crippen molar-refractivity contribution in [3.8, 4) is 6.07 Å². The second-order valence-corrected chi connectivity index (χ2v) is 4.85. The van der Waals surface area contributed by atoms with Crippen molar-refractivity contribution in [2.75, 3.05) is 18.5 Å². The van der Waals surface area contributed by atoms with Gasteiger partial charge in [-0.2, -0.15) is 5.26 Å². The first-order valence-electron chi connectivity index (χ1n) is 5.76. The molecule has 1 aromatic heterocycles. The number of nitrogens with zero attached hydrogens (tertiary/aromatic N) is 1. The van der Waals surface area contributed by atoms with E-state index in [1.807, 2.05) is 6.07 Å². The molecule has 2 heterocycles. The molecule has 0 aromatic carbocycles. The lowest BCUT2D eigenvalue weighted by Crippen LogP contribution is -2.27. The minimum absolute atomic E-state index is 0.374. The molecule has 100 valence electrons. The van der Waals surface area contributed by atoms with Crippen molar-refractivity contribution in [1.82, 2.24) is 0 Å². The largest absolute Gasteiger partial charge is 0.454 e. The normalized spacial score (nSPS) is 17.7. The first-order valence-corrected chi connectivity index (χ1v) is 6.64. The van der Waals surface area contributed by atoms with Gasteiger partial charge in [-0.1, -0.05) is 0 Å². The standard InChI is InChI=1S/C12H12N2O4S/c13-6-8-3-5-19-11(8)14-10(15)7-18-12(16)9-2-1-4-17-9/h3,5,9H,1-2,4,7H2,(H,14,15)/t9-/m1/s1. The molecule has 1 amide bonds. The molecule has 1 N–H and O–H groups in total. The quantitative estimate of drug-likeness (QED) is 0.839. The third-order valence-corrected chi connectivity index (χ3v) is 3.41. The summed E-state index contributed by atoms with van der Waals surface area (Å²) in [6, 6.07) is 3.57. The van der Waals surface area contributed by atoms with Crippen LogP contribution in [0.2, 0.25) is 0 Å². The fraction of sp³-hybridized carbons (Fsp3) is 0.417. The summed E-state index contributed by atoms with van der Waals surface area (Å²) < 4.78 is 10.00. The van der Waals surface area contributed by atoms with Crippen LogP contribution < -0.4 is 5.32 Å². The number of thiophene rings is 1. The smallest absolute Gasteiger partial charge is 0.335 e. The summed E-state index contributed by atoms with van der Waals surface area (Å²) in [5.41, 5.74) is 0.392. The number of carbonyl (C=O) groups excluding carboxylic acids is 2. The third kappa shape index (κ3) is 3.53. The van der Waals surface area contributed by atoms with Crippen LogP contribution in [-0.2, 0) is 19.1 Å². The number of amides is 1. The number of rotatable bonds is 4. The van der Waals surface area contributed by atoms with E-state index in [0.717, 1.165) is 6.42 Å². The summed E-state index contributed by atoms with van der Waals surface area (Å²) in [6.07, 6.45) is 0.903. The van der Waals surface area contributed by atoms with Crippen LogP contribution in [0.15, 0.2) is 11.4 Å². The molecule has 1 aromatic rings. The Morgan fingerprint density at radius 2 is 2.47 bits per heavy atom. The van der Waals surface area contributed by atoms with Crippen LogP contribution in [0, 0.1) is 11.3 Å². The van der Waals surface area contributed by atoms with Crippen molar-refractivity contribution in [2.45, 2.75) is 18.9 Å². The summed E-state index contributed by atoms with van der Waals surface area (Å²) >= 11 is 1.24. The maximum atomic E-state index is 11.6. The van der Waals surface area contributed by atoms with Gasteiger partial charge in [0.15, 0.2) is 12.7 Å². The average molecular weight is 280 g/mol. The van der Waals surface area contributed by atoms with Gasteiger partial charge in [-0.25, -0.2) is 4.79 Å². The van der Waals surface area contributed by atoms with E-state index in [9.17, 15) is 9.59 Å². The maximum Gasteiger partial charge on any atom is 0.335 e. The average Bonchev–Trinajstić information content (AvgIpc) is 3.06. The van der Waals surface area contributed by atoms with Gasteiger partial charge in [-0.3, -0.25) is 4.79 Å². The Bertz CT molecular complexity index is 514. The molecule has 1 aliphatic rings. The van der Waals surface area contributed by atoms with Crippen molar-refractivity contribution < 1.29 is 19.1 Å². The molecule has 0 aliphatic carbocycles. The SMILES string of the molecule is N#Cc1ccsc1NC(=O)COC(=O)[C@H]1CCCO1. The molecular formula is C12H12N2O4S. The molecule has 0 radical (unpaired) electrons. The van der Waals surface area contributed by atoms with Gasteiger partial charge < -0.3 is 14.8 Å². The fourth-order valence-corrected chi connectivity index (χ4v) is 2.40. The minimum Gasteiger partial charge on any atom is -0.454 e. The molecule has 19 heavy (non-hydrogen) atoms. The van der Waals surface area contributed by atoms with E-state index in [0.29, 0.717) is 23.6 Å². The van der Waals surface area contributed by atoms with E-state index in [2.05, 4.69) is 5.32 Å². The summed E-state index contributed by atoms with van der Waals surface area (Å²) in [5, 5.41) is 13.5. The number of nitrogens with one attached hydrogen (secondary N) is 1. The molecule has 0 bridgehead atoms. The first kappa shape index (κ1) is 13.5. The zero-order chi connectivity index (χ0) is 13.7. The topological polar surface area (TPSA) is 88.4 Å². The van der Waals surface area contributed by atoms with E-state index in [-0.39, 0.29) is 6.61 Å². The van der Waals surface area contributed by atoms with Crippen molar-refractivity contribution in [2.24, 2.45) is 0 Å². The highest BCUT2D eigenvalue weighted by atomic mass is 32.1. The van der Waals surface area contributed by atoms with E-state index in [4.69, 9.17) is 14.7 Å². The number of nitriles is 1. The number of anilines is 1. The predicted octanol–water partition coefficient (Wildman–Crippen LogP) is 1.28. The van der Waals surface area contributed by atoms with Crippen LogP contribution in [0.25, 0.3) is 0 Å². The van der Waals surface area contributed by atoms with Crippen LogP contribution >= 0.6 is 11.3 Å². The minimum atomic E-state index is -0.552. The maximum absolute atomic E-state index is 11.6. The highest BCUT2D eigenvalue weighted by molar-refractivity contribution is 7.14. The van der Waals surface area contributed by atoms with Crippen molar-refractivity contribution in [3.05, 3.63) is 17.0 Å². The summed E-state index contributed by atoms with van der Waals surface area (Å²) in [7, 11) is 0. The monoisotopic (exact) mass is 280 g/mol. The summed E-state index contributed by atoms with van der Waals surface area (Å²) in [6.45, 7) is 0.175. The van der Waals surface area contributed by atoms with Gasteiger partial charge in [0.2, 0.25) is 0 Å². The molecular weight excluding hydrogens is 268 g/mol. The van der Waals surface area contributed by atoms with Crippen molar-refractivity contribution in [1.29, 1.82) is 5.26 Å². The second-order valence-electron chi connectivity index (χ2n) is 3.93. The number of ether oxygens (including phenoxy) is 2. The van der Waals surface area contributed by atoms with Crippen molar-refractivity contribution >= 4 is 28.2 Å². The Hall–Kier alpha value is -1.91. The molecule has 7 heteroatoms. The molecule has 1 atom stereocenters. The lowest BCUT2D eigenvalue weighted by atomic mass is 10.2. The van der Waals surface area contributed by atoms with Crippen LogP contribution in [0.5, 0.6) is 0 Å². The molecule has 1 aliphatic heterocycles. The van der Waals surface area contributed by atoms with Crippen LogP contribution in [0.3, 0.4) is 0 Å². The Kier molecular flexibility index (Phi) is 4.49. The zero-order valence-corrected chi connectivity index (χ0v) is 10.9. The molecule has 2 rings (SSSR count). The lowest BCUT2D eigenvalue weighted by Gasteiger charge is -2.09. The van der Waals surface area contributed by atoms with E-state index in [1.165, 1.54) is 11.3 Å². The second kappa shape index (κ2) is 6.31. The Labute approximate surface area is 113 Å². The molecule has 1 fully saturated rings. The predicted molar refractivity (Wildman–Crippen MR) is 67.6 cm³/mol.